The summed E-state index contributed by atoms with van der Waals surface area (Å²) in [4.78, 5) is 8.29. The van der Waals surface area contributed by atoms with Gasteiger partial charge in [0.15, 0.2) is 0 Å². The van der Waals surface area contributed by atoms with E-state index in [1.165, 1.54) is 0 Å². The summed E-state index contributed by atoms with van der Waals surface area (Å²) in [5, 5.41) is 2.87. The van der Waals surface area contributed by atoms with E-state index in [0.717, 1.165) is 5.56 Å². The highest BCUT2D eigenvalue weighted by molar-refractivity contribution is 5.32. The van der Waals surface area contributed by atoms with Crippen molar-refractivity contribution in [1.82, 2.24) is 9.97 Å². The van der Waals surface area contributed by atoms with E-state index in [0.29, 0.717) is 25.0 Å². The molecule has 2 heterocycles. The molecule has 0 bridgehead atoms. The summed E-state index contributed by atoms with van der Waals surface area (Å²) >= 11 is 0. The molecule has 0 spiro atoms. The first-order valence-corrected chi connectivity index (χ1v) is 4.55. The highest BCUT2D eigenvalue weighted by Gasteiger charge is 2.21. The zero-order valence-corrected chi connectivity index (χ0v) is 8.28. The molecule has 0 unspecified atom stereocenters. The molecule has 0 saturated carbocycles. The van der Waals surface area contributed by atoms with Gasteiger partial charge in [-0.15, -0.1) is 0 Å². The summed E-state index contributed by atoms with van der Waals surface area (Å²) in [5.74, 6) is 1.21. The van der Waals surface area contributed by atoms with Crippen LogP contribution >= 0.6 is 0 Å². The lowest BCUT2D eigenvalue weighted by Gasteiger charge is -2.26. The molecule has 0 amide bonds. The van der Waals surface area contributed by atoms with Gasteiger partial charge in [0.25, 0.3) is 0 Å². The van der Waals surface area contributed by atoms with Crippen LogP contribution in [0.5, 0.6) is 5.88 Å². The molecule has 1 aliphatic rings. The van der Waals surface area contributed by atoms with Gasteiger partial charge in [-0.1, -0.05) is 0 Å². The molecular formula is C9H13N3O2. The molecule has 0 aromatic carbocycles. The third kappa shape index (κ3) is 1.77. The largest absolute Gasteiger partial charge is 0.469 e. The molecule has 14 heavy (non-hydrogen) atoms. The van der Waals surface area contributed by atoms with Gasteiger partial charge in [-0.2, -0.15) is 4.98 Å². The van der Waals surface area contributed by atoms with Gasteiger partial charge in [0.1, 0.15) is 6.10 Å². The molecule has 0 radical (unpaired) electrons. The van der Waals surface area contributed by atoms with E-state index in [-0.39, 0.29) is 6.10 Å². The fourth-order valence-corrected chi connectivity index (χ4v) is 1.11. The topological polar surface area (TPSA) is 56.3 Å². The Morgan fingerprint density at radius 1 is 1.57 bits per heavy atom. The maximum Gasteiger partial charge on any atom is 0.225 e. The van der Waals surface area contributed by atoms with Crippen LogP contribution in [0.15, 0.2) is 6.20 Å². The van der Waals surface area contributed by atoms with Crippen molar-refractivity contribution in [3.05, 3.63) is 11.8 Å². The van der Waals surface area contributed by atoms with Crippen LogP contribution in [0.3, 0.4) is 0 Å². The molecule has 5 nitrogen and oxygen atoms in total. The van der Waals surface area contributed by atoms with Crippen molar-refractivity contribution in [3.8, 4) is 5.88 Å². The second-order valence-corrected chi connectivity index (χ2v) is 3.21. The molecule has 76 valence electrons. The molecular weight excluding hydrogens is 182 g/mol. The minimum absolute atomic E-state index is 0.147. The maximum absolute atomic E-state index is 5.61. The predicted octanol–water partition coefficient (Wildman–Crippen LogP) is 0.604. The normalized spacial score (nSPS) is 16.1. The minimum Gasteiger partial charge on any atom is -0.469 e. The molecule has 1 aromatic heterocycles. The molecule has 1 fully saturated rings. The Kier molecular flexibility index (Phi) is 2.49. The van der Waals surface area contributed by atoms with E-state index in [9.17, 15) is 0 Å². The molecule has 0 atom stereocenters. The number of hydrogen-bond donors (Lipinski definition) is 1. The van der Waals surface area contributed by atoms with Crippen molar-refractivity contribution in [2.75, 3.05) is 25.6 Å². The molecule has 1 saturated heterocycles. The van der Waals surface area contributed by atoms with E-state index < -0.39 is 0 Å². The van der Waals surface area contributed by atoms with E-state index >= 15 is 0 Å². The molecule has 2 rings (SSSR count). The summed E-state index contributed by atoms with van der Waals surface area (Å²) in [6.45, 7) is 3.23. The van der Waals surface area contributed by atoms with Crippen molar-refractivity contribution in [1.29, 1.82) is 0 Å². The van der Waals surface area contributed by atoms with E-state index in [1.54, 1.807) is 13.2 Å². The Morgan fingerprint density at radius 2 is 2.36 bits per heavy atom. The molecule has 5 heteroatoms. The third-order valence-corrected chi connectivity index (χ3v) is 2.03. The van der Waals surface area contributed by atoms with Gasteiger partial charge in [0.05, 0.1) is 13.2 Å². The van der Waals surface area contributed by atoms with E-state index in [4.69, 9.17) is 9.47 Å². The van der Waals surface area contributed by atoms with Gasteiger partial charge >= 0.3 is 0 Å². The summed E-state index contributed by atoms with van der Waals surface area (Å²) in [6.07, 6.45) is 1.89. The highest BCUT2D eigenvalue weighted by Crippen LogP contribution is 2.18. The van der Waals surface area contributed by atoms with Gasteiger partial charge in [0, 0.05) is 18.8 Å². The maximum atomic E-state index is 5.61. The number of rotatable bonds is 3. The fraction of sp³-hybridized carbons (Fsp3) is 0.556. The van der Waals surface area contributed by atoms with E-state index in [2.05, 4.69) is 15.3 Å². The Bertz CT molecular complexity index is 326. The lowest BCUT2D eigenvalue weighted by atomic mass is 10.3. The SMILES string of the molecule is CNc1ncc(C)c(OC2COC2)n1. The summed E-state index contributed by atoms with van der Waals surface area (Å²) in [5.41, 5.74) is 0.941. The number of anilines is 1. The van der Waals surface area contributed by atoms with Crippen molar-refractivity contribution in [3.63, 3.8) is 0 Å². The van der Waals surface area contributed by atoms with Gasteiger partial charge < -0.3 is 14.8 Å². The lowest BCUT2D eigenvalue weighted by molar-refractivity contribution is -0.0815. The van der Waals surface area contributed by atoms with Crippen LogP contribution in [-0.2, 0) is 4.74 Å². The average molecular weight is 195 g/mol. The van der Waals surface area contributed by atoms with Crippen molar-refractivity contribution in [2.24, 2.45) is 0 Å². The van der Waals surface area contributed by atoms with Gasteiger partial charge in [-0.05, 0) is 6.92 Å². The first-order valence-electron chi connectivity index (χ1n) is 4.55. The summed E-state index contributed by atoms with van der Waals surface area (Å²) in [7, 11) is 1.78. The standard InChI is InChI=1S/C9H13N3O2/c1-6-3-11-9(10-2)12-8(6)14-7-4-13-5-7/h3,7H,4-5H2,1-2H3,(H,10,11,12). The van der Waals surface area contributed by atoms with Crippen LogP contribution in [0.25, 0.3) is 0 Å². The number of nitrogens with zero attached hydrogens (tertiary/aromatic N) is 2. The second kappa shape index (κ2) is 3.79. The van der Waals surface area contributed by atoms with Gasteiger partial charge in [0.2, 0.25) is 11.8 Å². The van der Waals surface area contributed by atoms with Crippen LogP contribution < -0.4 is 10.1 Å². The van der Waals surface area contributed by atoms with Crippen LogP contribution in [-0.4, -0.2) is 36.3 Å². The first kappa shape index (κ1) is 9.21. The molecule has 1 N–H and O–H groups in total. The van der Waals surface area contributed by atoms with Crippen LogP contribution in [0.1, 0.15) is 5.56 Å². The smallest absolute Gasteiger partial charge is 0.225 e. The highest BCUT2D eigenvalue weighted by atomic mass is 16.6. The second-order valence-electron chi connectivity index (χ2n) is 3.21. The fourth-order valence-electron chi connectivity index (χ4n) is 1.11. The Labute approximate surface area is 82.5 Å². The third-order valence-electron chi connectivity index (χ3n) is 2.03. The van der Waals surface area contributed by atoms with Crippen molar-refractivity contribution in [2.45, 2.75) is 13.0 Å². The number of aromatic nitrogens is 2. The summed E-state index contributed by atoms with van der Waals surface area (Å²) in [6, 6.07) is 0. The zero-order chi connectivity index (χ0) is 9.97. The first-order chi connectivity index (χ1) is 6.79. The van der Waals surface area contributed by atoms with E-state index in [1.807, 2.05) is 6.92 Å². The number of hydrogen-bond acceptors (Lipinski definition) is 5. The monoisotopic (exact) mass is 195 g/mol. The quantitative estimate of drug-likeness (QED) is 0.765. The molecule has 1 aromatic rings. The number of ether oxygens (including phenoxy) is 2. The van der Waals surface area contributed by atoms with Gasteiger partial charge in [-0.3, -0.25) is 0 Å². The number of nitrogens with one attached hydrogen (secondary N) is 1. The predicted molar refractivity (Wildman–Crippen MR) is 51.6 cm³/mol. The van der Waals surface area contributed by atoms with Crippen LogP contribution in [0, 0.1) is 6.92 Å². The number of aryl methyl sites for hydroxylation is 1. The Morgan fingerprint density at radius 3 is 2.93 bits per heavy atom. The summed E-state index contributed by atoms with van der Waals surface area (Å²) < 4.78 is 10.6. The zero-order valence-electron chi connectivity index (χ0n) is 8.28. The molecule has 1 aliphatic heterocycles. The van der Waals surface area contributed by atoms with Crippen LogP contribution in [0.2, 0.25) is 0 Å². The molecule has 0 aliphatic carbocycles. The van der Waals surface area contributed by atoms with Gasteiger partial charge in [-0.25, -0.2) is 4.98 Å². The van der Waals surface area contributed by atoms with Crippen LogP contribution in [0.4, 0.5) is 5.95 Å². The van der Waals surface area contributed by atoms with Crippen molar-refractivity contribution >= 4 is 5.95 Å². The average Bonchev–Trinajstić information content (AvgIpc) is 2.14. The lowest BCUT2D eigenvalue weighted by Crippen LogP contribution is -2.39. The Balaban J connectivity index is 2.13. The Hall–Kier alpha value is -1.36. The minimum atomic E-state index is 0.147. The van der Waals surface area contributed by atoms with Crippen molar-refractivity contribution < 1.29 is 9.47 Å².